The first-order valence-electron chi connectivity index (χ1n) is 10.8. The summed E-state index contributed by atoms with van der Waals surface area (Å²) in [7, 11) is 1.72. The van der Waals surface area contributed by atoms with E-state index in [9.17, 15) is 9.59 Å². The summed E-state index contributed by atoms with van der Waals surface area (Å²) in [6.45, 7) is 3.34. The lowest BCUT2D eigenvalue weighted by Gasteiger charge is -2.09. The van der Waals surface area contributed by atoms with E-state index in [2.05, 4.69) is 15.0 Å². The SMILES string of the molecule is CCCn1c(=O)n(C2CC2)c(=O)c2[nH]c(-c3ccc(CCCCCOC)nc3)nc21. The Bertz CT molecular complexity index is 1120. The quantitative estimate of drug-likeness (QED) is 0.518. The van der Waals surface area contributed by atoms with Gasteiger partial charge in [-0.05, 0) is 50.7 Å². The fraction of sp³-hybridized carbons (Fsp3) is 0.545. The number of hydrogen-bond donors (Lipinski definition) is 1. The average molecular weight is 412 g/mol. The lowest BCUT2D eigenvalue weighted by Crippen LogP contribution is -2.39. The fourth-order valence-electron chi connectivity index (χ4n) is 3.79. The largest absolute Gasteiger partial charge is 0.385 e. The number of ether oxygens (including phenoxy) is 1. The van der Waals surface area contributed by atoms with Crippen LogP contribution in [0.1, 0.15) is 57.2 Å². The standard InChI is InChI=1S/C22H29N5O3/c1-3-12-26-20-18(21(28)27(22(26)29)17-10-11-17)24-19(25-20)15-8-9-16(23-14-15)7-5-4-6-13-30-2/h8-9,14,17H,3-7,10-13H2,1-2H3,(H,24,25). The first-order valence-corrected chi connectivity index (χ1v) is 10.8. The van der Waals surface area contributed by atoms with E-state index in [4.69, 9.17) is 4.74 Å². The van der Waals surface area contributed by atoms with Gasteiger partial charge in [0.15, 0.2) is 5.65 Å². The molecule has 8 nitrogen and oxygen atoms in total. The summed E-state index contributed by atoms with van der Waals surface area (Å²) in [5, 5.41) is 0. The maximum absolute atomic E-state index is 12.9. The highest BCUT2D eigenvalue weighted by Gasteiger charge is 2.29. The Morgan fingerprint density at radius 2 is 2.03 bits per heavy atom. The number of imidazole rings is 1. The number of aromatic nitrogens is 5. The monoisotopic (exact) mass is 411 g/mol. The zero-order valence-electron chi connectivity index (χ0n) is 17.7. The highest BCUT2D eigenvalue weighted by Crippen LogP contribution is 2.32. The van der Waals surface area contributed by atoms with Crippen LogP contribution < -0.4 is 11.2 Å². The van der Waals surface area contributed by atoms with E-state index in [1.165, 1.54) is 4.57 Å². The van der Waals surface area contributed by atoms with E-state index in [0.29, 0.717) is 23.5 Å². The molecule has 160 valence electrons. The Balaban J connectivity index is 1.62. The van der Waals surface area contributed by atoms with Crippen LogP contribution in [0.3, 0.4) is 0 Å². The van der Waals surface area contributed by atoms with E-state index < -0.39 is 0 Å². The van der Waals surface area contributed by atoms with Crippen molar-refractivity contribution in [1.29, 1.82) is 0 Å². The molecule has 3 aromatic heterocycles. The minimum Gasteiger partial charge on any atom is -0.385 e. The molecule has 0 amide bonds. The zero-order valence-corrected chi connectivity index (χ0v) is 17.7. The van der Waals surface area contributed by atoms with E-state index >= 15 is 0 Å². The van der Waals surface area contributed by atoms with Gasteiger partial charge in [-0.2, -0.15) is 0 Å². The van der Waals surface area contributed by atoms with Gasteiger partial charge in [0.1, 0.15) is 11.3 Å². The van der Waals surface area contributed by atoms with Crippen LogP contribution in [0.2, 0.25) is 0 Å². The number of unbranched alkanes of at least 4 members (excludes halogenated alkanes) is 2. The predicted molar refractivity (Wildman–Crippen MR) is 116 cm³/mol. The third kappa shape index (κ3) is 4.09. The zero-order chi connectivity index (χ0) is 21.1. The van der Waals surface area contributed by atoms with Crippen molar-refractivity contribution in [2.75, 3.05) is 13.7 Å². The first-order chi connectivity index (χ1) is 14.6. The Kier molecular flexibility index (Phi) is 6.13. The molecule has 3 heterocycles. The van der Waals surface area contributed by atoms with Gasteiger partial charge in [-0.15, -0.1) is 0 Å². The molecule has 1 aliphatic rings. The topological polar surface area (TPSA) is 94.8 Å². The van der Waals surface area contributed by atoms with Crippen molar-refractivity contribution in [3.8, 4) is 11.4 Å². The number of fused-ring (bicyclic) bond motifs is 1. The van der Waals surface area contributed by atoms with E-state index in [-0.39, 0.29) is 17.3 Å². The van der Waals surface area contributed by atoms with Crippen molar-refractivity contribution in [3.63, 3.8) is 0 Å². The number of aromatic amines is 1. The molecule has 30 heavy (non-hydrogen) atoms. The van der Waals surface area contributed by atoms with Crippen molar-refractivity contribution in [2.24, 2.45) is 0 Å². The van der Waals surface area contributed by atoms with Gasteiger partial charge in [0, 0.05) is 43.8 Å². The molecule has 0 bridgehead atoms. The van der Waals surface area contributed by atoms with Crippen LogP contribution in [0.5, 0.6) is 0 Å². The predicted octanol–water partition coefficient (Wildman–Crippen LogP) is 3.05. The van der Waals surface area contributed by atoms with Crippen molar-refractivity contribution in [3.05, 3.63) is 44.9 Å². The van der Waals surface area contributed by atoms with Gasteiger partial charge < -0.3 is 9.72 Å². The highest BCUT2D eigenvalue weighted by molar-refractivity contribution is 5.75. The minimum absolute atomic E-state index is 0.0223. The van der Waals surface area contributed by atoms with Crippen LogP contribution in [0.4, 0.5) is 0 Å². The Morgan fingerprint density at radius 1 is 1.20 bits per heavy atom. The number of aryl methyl sites for hydroxylation is 2. The smallest absolute Gasteiger partial charge is 0.333 e. The molecule has 0 radical (unpaired) electrons. The maximum Gasteiger partial charge on any atom is 0.333 e. The number of rotatable bonds is 10. The normalized spacial score (nSPS) is 13.9. The summed E-state index contributed by atoms with van der Waals surface area (Å²) >= 11 is 0. The molecule has 1 N–H and O–H groups in total. The van der Waals surface area contributed by atoms with Gasteiger partial charge in [-0.3, -0.25) is 18.9 Å². The second-order valence-corrected chi connectivity index (χ2v) is 7.97. The second kappa shape index (κ2) is 8.95. The van der Waals surface area contributed by atoms with Gasteiger partial charge in [-0.1, -0.05) is 13.3 Å². The molecule has 0 atom stereocenters. The van der Waals surface area contributed by atoms with Crippen LogP contribution in [0.25, 0.3) is 22.6 Å². The molecule has 1 fully saturated rings. The van der Waals surface area contributed by atoms with Crippen LogP contribution in [-0.4, -0.2) is 37.8 Å². The van der Waals surface area contributed by atoms with Crippen molar-refractivity contribution >= 4 is 11.2 Å². The fourth-order valence-corrected chi connectivity index (χ4v) is 3.79. The minimum atomic E-state index is -0.274. The Labute approximate surface area is 174 Å². The molecular formula is C22H29N5O3. The van der Waals surface area contributed by atoms with E-state index in [1.807, 2.05) is 19.1 Å². The molecule has 3 aromatic rings. The summed E-state index contributed by atoms with van der Waals surface area (Å²) < 4.78 is 8.09. The van der Waals surface area contributed by atoms with Gasteiger partial charge in [0.05, 0.1) is 0 Å². The van der Waals surface area contributed by atoms with Crippen molar-refractivity contribution in [1.82, 2.24) is 24.1 Å². The van der Waals surface area contributed by atoms with Crippen molar-refractivity contribution < 1.29 is 4.74 Å². The number of nitrogens with zero attached hydrogens (tertiary/aromatic N) is 4. The van der Waals surface area contributed by atoms with Crippen LogP contribution in [0, 0.1) is 0 Å². The summed E-state index contributed by atoms with van der Waals surface area (Å²) in [5.74, 6) is 0.569. The molecule has 0 saturated heterocycles. The summed E-state index contributed by atoms with van der Waals surface area (Å²) in [6.07, 6.45) is 8.50. The number of pyridine rings is 1. The van der Waals surface area contributed by atoms with Gasteiger partial charge in [0.2, 0.25) is 0 Å². The lowest BCUT2D eigenvalue weighted by molar-refractivity contribution is 0.192. The number of methoxy groups -OCH3 is 1. The molecule has 8 heteroatoms. The van der Waals surface area contributed by atoms with Crippen molar-refractivity contribution in [2.45, 2.75) is 64.5 Å². The van der Waals surface area contributed by atoms with E-state index in [0.717, 1.165) is 62.8 Å². The highest BCUT2D eigenvalue weighted by atomic mass is 16.5. The van der Waals surface area contributed by atoms with Gasteiger partial charge in [0.25, 0.3) is 5.56 Å². The molecular weight excluding hydrogens is 382 g/mol. The number of hydrogen-bond acceptors (Lipinski definition) is 5. The van der Waals surface area contributed by atoms with Crippen LogP contribution >= 0.6 is 0 Å². The summed E-state index contributed by atoms with van der Waals surface area (Å²) in [4.78, 5) is 38.1. The molecule has 0 spiro atoms. The maximum atomic E-state index is 12.9. The second-order valence-electron chi connectivity index (χ2n) is 7.97. The van der Waals surface area contributed by atoms with E-state index in [1.54, 1.807) is 17.9 Å². The van der Waals surface area contributed by atoms with Gasteiger partial charge in [-0.25, -0.2) is 9.78 Å². The third-order valence-electron chi connectivity index (χ3n) is 5.55. The van der Waals surface area contributed by atoms with Crippen LogP contribution in [0.15, 0.2) is 27.9 Å². The molecule has 4 rings (SSSR count). The lowest BCUT2D eigenvalue weighted by atomic mass is 10.1. The summed E-state index contributed by atoms with van der Waals surface area (Å²) in [6, 6.07) is 3.99. The molecule has 1 aliphatic carbocycles. The Hall–Kier alpha value is -2.74. The molecule has 0 aliphatic heterocycles. The number of H-pyrrole nitrogens is 1. The summed E-state index contributed by atoms with van der Waals surface area (Å²) in [5.41, 5.74) is 2.14. The molecule has 0 unspecified atom stereocenters. The Morgan fingerprint density at radius 3 is 2.70 bits per heavy atom. The number of nitrogens with one attached hydrogen (secondary N) is 1. The third-order valence-corrected chi connectivity index (χ3v) is 5.55. The van der Waals surface area contributed by atoms with Gasteiger partial charge >= 0.3 is 5.69 Å². The molecule has 1 saturated carbocycles. The average Bonchev–Trinajstić information content (AvgIpc) is 3.48. The first kappa shape index (κ1) is 20.5. The molecule has 0 aromatic carbocycles. The van der Waals surface area contributed by atoms with Crippen LogP contribution in [-0.2, 0) is 17.7 Å².